The summed E-state index contributed by atoms with van der Waals surface area (Å²) in [5, 5.41) is 10.2. The molecule has 0 radical (unpaired) electrons. The first-order valence-corrected chi connectivity index (χ1v) is 5.80. The van der Waals surface area contributed by atoms with Crippen molar-refractivity contribution in [3.05, 3.63) is 36.4 Å². The lowest BCUT2D eigenvalue weighted by Gasteiger charge is -2.17. The molecular weight excluding hydrogens is 244 g/mol. The Morgan fingerprint density at radius 3 is 2.00 bits per heavy atom. The fraction of sp³-hybridized carbons (Fsp3) is 0.200. The predicted octanol–water partition coefficient (Wildman–Crippen LogP) is 3.09. The average Bonchev–Trinajstić information content (AvgIpc) is 2.46. The van der Waals surface area contributed by atoms with Crippen LogP contribution in [0.15, 0.2) is 36.4 Å². The number of benzene rings is 2. The van der Waals surface area contributed by atoms with Crippen LogP contribution in [0.3, 0.4) is 0 Å². The van der Waals surface area contributed by atoms with Gasteiger partial charge in [-0.3, -0.25) is 0 Å². The molecule has 0 aliphatic heterocycles. The van der Waals surface area contributed by atoms with Gasteiger partial charge in [-0.05, 0) is 5.56 Å². The van der Waals surface area contributed by atoms with E-state index in [9.17, 15) is 5.11 Å². The number of hydrogen-bond donors (Lipinski definition) is 1. The van der Waals surface area contributed by atoms with Crippen molar-refractivity contribution in [1.29, 1.82) is 0 Å². The number of aromatic hydroxyl groups is 1. The van der Waals surface area contributed by atoms with Crippen molar-refractivity contribution in [2.24, 2.45) is 0 Å². The smallest absolute Gasteiger partial charge is 0.204 e. The fourth-order valence-electron chi connectivity index (χ4n) is 2.03. The molecule has 0 saturated carbocycles. The molecular formula is C15H16O4. The molecule has 0 bridgehead atoms. The Labute approximate surface area is 112 Å². The second-order valence-electron chi connectivity index (χ2n) is 3.91. The molecule has 2 rings (SSSR count). The number of hydrogen-bond acceptors (Lipinski definition) is 4. The van der Waals surface area contributed by atoms with Gasteiger partial charge < -0.3 is 19.3 Å². The number of phenols is 1. The van der Waals surface area contributed by atoms with Crippen LogP contribution >= 0.6 is 0 Å². The third-order valence-electron chi connectivity index (χ3n) is 2.87. The lowest BCUT2D eigenvalue weighted by molar-refractivity contribution is 0.321. The summed E-state index contributed by atoms with van der Waals surface area (Å²) in [6.45, 7) is 0. The first-order valence-electron chi connectivity index (χ1n) is 5.80. The van der Waals surface area contributed by atoms with Gasteiger partial charge in [-0.2, -0.15) is 0 Å². The number of ether oxygens (including phenoxy) is 3. The van der Waals surface area contributed by atoms with E-state index in [0.717, 1.165) is 5.56 Å². The van der Waals surface area contributed by atoms with Crippen molar-refractivity contribution in [2.75, 3.05) is 21.3 Å². The molecule has 0 atom stereocenters. The van der Waals surface area contributed by atoms with Crippen LogP contribution in [0.25, 0.3) is 11.1 Å². The zero-order valence-corrected chi connectivity index (χ0v) is 11.1. The highest BCUT2D eigenvalue weighted by molar-refractivity contribution is 5.81. The van der Waals surface area contributed by atoms with Crippen molar-refractivity contribution < 1.29 is 19.3 Å². The monoisotopic (exact) mass is 260 g/mol. The predicted molar refractivity (Wildman–Crippen MR) is 73.2 cm³/mol. The van der Waals surface area contributed by atoms with Gasteiger partial charge in [-0.25, -0.2) is 0 Å². The minimum absolute atomic E-state index is 0.0840. The molecule has 0 aromatic heterocycles. The van der Waals surface area contributed by atoms with Crippen molar-refractivity contribution in [3.63, 3.8) is 0 Å². The van der Waals surface area contributed by atoms with Crippen molar-refractivity contribution in [1.82, 2.24) is 0 Å². The summed E-state index contributed by atoms with van der Waals surface area (Å²) >= 11 is 0. The molecule has 1 N–H and O–H groups in total. The van der Waals surface area contributed by atoms with E-state index in [4.69, 9.17) is 14.2 Å². The highest BCUT2D eigenvalue weighted by atomic mass is 16.5. The van der Waals surface area contributed by atoms with E-state index in [0.29, 0.717) is 22.8 Å². The van der Waals surface area contributed by atoms with Crippen LogP contribution in [0.1, 0.15) is 0 Å². The summed E-state index contributed by atoms with van der Waals surface area (Å²) in [5.41, 5.74) is 1.43. The van der Waals surface area contributed by atoms with Crippen LogP contribution in [-0.2, 0) is 0 Å². The van der Waals surface area contributed by atoms with Gasteiger partial charge in [-0.1, -0.05) is 30.3 Å². The number of rotatable bonds is 4. The summed E-state index contributed by atoms with van der Waals surface area (Å²) in [4.78, 5) is 0. The normalized spacial score (nSPS) is 10.1. The third-order valence-corrected chi connectivity index (χ3v) is 2.87. The molecule has 0 aliphatic rings. The van der Waals surface area contributed by atoms with E-state index in [1.807, 2.05) is 30.3 Å². The van der Waals surface area contributed by atoms with E-state index in [1.54, 1.807) is 0 Å². The second-order valence-corrected chi connectivity index (χ2v) is 3.91. The van der Waals surface area contributed by atoms with E-state index in [-0.39, 0.29) is 5.75 Å². The quantitative estimate of drug-likeness (QED) is 0.917. The molecule has 100 valence electrons. The molecule has 0 amide bonds. The maximum absolute atomic E-state index is 10.2. The van der Waals surface area contributed by atoms with Crippen LogP contribution in [-0.4, -0.2) is 26.4 Å². The molecule has 2 aromatic carbocycles. The van der Waals surface area contributed by atoms with E-state index in [1.165, 1.54) is 27.4 Å². The Balaban J connectivity index is 2.73. The van der Waals surface area contributed by atoms with Crippen molar-refractivity contribution in [3.8, 4) is 34.1 Å². The maximum Gasteiger partial charge on any atom is 0.204 e. The highest BCUT2D eigenvalue weighted by Gasteiger charge is 2.21. The van der Waals surface area contributed by atoms with Crippen molar-refractivity contribution >= 4 is 0 Å². The van der Waals surface area contributed by atoms with Crippen LogP contribution in [0, 0.1) is 0 Å². The number of methoxy groups -OCH3 is 3. The topological polar surface area (TPSA) is 47.9 Å². The van der Waals surface area contributed by atoms with Gasteiger partial charge in [-0.15, -0.1) is 0 Å². The molecule has 0 unspecified atom stereocenters. The van der Waals surface area contributed by atoms with Gasteiger partial charge in [0.05, 0.1) is 26.9 Å². The lowest BCUT2D eigenvalue weighted by atomic mass is 10.0. The molecule has 0 aliphatic carbocycles. The maximum atomic E-state index is 10.2. The Morgan fingerprint density at radius 1 is 0.842 bits per heavy atom. The molecule has 2 aromatic rings. The van der Waals surface area contributed by atoms with Gasteiger partial charge in [0.25, 0.3) is 0 Å². The highest BCUT2D eigenvalue weighted by Crippen LogP contribution is 2.49. The van der Waals surface area contributed by atoms with Gasteiger partial charge in [0.15, 0.2) is 11.5 Å². The summed E-state index contributed by atoms with van der Waals surface area (Å²) < 4.78 is 15.9. The van der Waals surface area contributed by atoms with E-state index >= 15 is 0 Å². The summed E-state index contributed by atoms with van der Waals surface area (Å²) in [6, 6.07) is 11.0. The van der Waals surface area contributed by atoms with Gasteiger partial charge >= 0.3 is 0 Å². The van der Waals surface area contributed by atoms with E-state index < -0.39 is 0 Å². The largest absolute Gasteiger partial charge is 0.507 e. The molecule has 4 nitrogen and oxygen atoms in total. The first-order chi connectivity index (χ1) is 9.22. The molecule has 4 heteroatoms. The zero-order valence-electron chi connectivity index (χ0n) is 11.1. The summed E-state index contributed by atoms with van der Waals surface area (Å²) in [5.74, 6) is 1.42. The Morgan fingerprint density at radius 2 is 1.47 bits per heavy atom. The lowest BCUT2D eigenvalue weighted by Crippen LogP contribution is -1.97. The molecule has 0 heterocycles. The van der Waals surface area contributed by atoms with Crippen LogP contribution < -0.4 is 14.2 Å². The molecule has 19 heavy (non-hydrogen) atoms. The fourth-order valence-corrected chi connectivity index (χ4v) is 2.03. The van der Waals surface area contributed by atoms with Gasteiger partial charge in [0, 0.05) is 6.07 Å². The van der Waals surface area contributed by atoms with E-state index in [2.05, 4.69) is 0 Å². The standard InChI is InChI=1S/C15H16O4/c1-17-12-9-11(16)13(10-7-5-4-6-8-10)15(19-3)14(12)18-2/h4-9,16H,1-3H3. The Bertz CT molecular complexity index is 564. The molecule has 0 fully saturated rings. The average molecular weight is 260 g/mol. The number of phenolic OH excluding ortho intramolecular Hbond substituents is 1. The van der Waals surface area contributed by atoms with Crippen LogP contribution in [0.5, 0.6) is 23.0 Å². The Kier molecular flexibility index (Phi) is 3.80. The molecule has 0 saturated heterocycles. The SMILES string of the molecule is COc1cc(O)c(-c2ccccc2)c(OC)c1OC. The summed E-state index contributed by atoms with van der Waals surface area (Å²) in [6.07, 6.45) is 0. The second kappa shape index (κ2) is 5.52. The van der Waals surface area contributed by atoms with Gasteiger partial charge in [0.1, 0.15) is 5.75 Å². The Hall–Kier alpha value is -2.36. The zero-order chi connectivity index (χ0) is 13.8. The van der Waals surface area contributed by atoms with Crippen molar-refractivity contribution in [2.45, 2.75) is 0 Å². The third kappa shape index (κ3) is 2.29. The first kappa shape index (κ1) is 13.1. The summed E-state index contributed by atoms with van der Waals surface area (Å²) in [7, 11) is 4.58. The van der Waals surface area contributed by atoms with Gasteiger partial charge in [0.2, 0.25) is 5.75 Å². The minimum Gasteiger partial charge on any atom is -0.507 e. The minimum atomic E-state index is 0.0840. The van der Waals surface area contributed by atoms with Crippen LogP contribution in [0.2, 0.25) is 0 Å². The van der Waals surface area contributed by atoms with Crippen LogP contribution in [0.4, 0.5) is 0 Å². The molecule has 0 spiro atoms.